The Morgan fingerprint density at radius 1 is 1.64 bits per heavy atom. The average molecular weight is 169 g/mol. The van der Waals surface area contributed by atoms with E-state index in [-0.39, 0.29) is 10.9 Å². The van der Waals surface area contributed by atoms with E-state index < -0.39 is 0 Å². The minimum absolute atomic E-state index is 0.121. The van der Waals surface area contributed by atoms with Crippen LogP contribution in [0.3, 0.4) is 0 Å². The summed E-state index contributed by atoms with van der Waals surface area (Å²) in [5.74, 6) is 0.268. The molecule has 0 bridgehead atoms. The number of hydrogen-bond acceptors (Lipinski definition) is 5. The lowest BCUT2D eigenvalue weighted by atomic mass is 10.5. The van der Waals surface area contributed by atoms with Gasteiger partial charge in [-0.2, -0.15) is 0 Å². The smallest absolute Gasteiger partial charge is 0.239 e. The topological polar surface area (TPSA) is 68.9 Å². The number of anilines is 1. The van der Waals surface area contributed by atoms with Crippen LogP contribution in [0.5, 0.6) is 0 Å². The number of hydrogen-bond donors (Lipinski definition) is 1. The second kappa shape index (κ2) is 3.34. The SMILES string of the molecule is CSC(=O)c1cncc(N)n1. The van der Waals surface area contributed by atoms with E-state index in [1.54, 1.807) is 6.26 Å². The molecule has 58 valence electrons. The minimum atomic E-state index is -0.121. The number of nitrogens with zero attached hydrogens (tertiary/aromatic N) is 2. The molecule has 0 aliphatic rings. The normalized spacial score (nSPS) is 9.55. The van der Waals surface area contributed by atoms with Crippen LogP contribution in [0.4, 0.5) is 5.82 Å². The second-order valence-corrected chi connectivity index (χ2v) is 2.60. The molecule has 1 heterocycles. The van der Waals surface area contributed by atoms with E-state index in [0.29, 0.717) is 5.69 Å². The van der Waals surface area contributed by atoms with Gasteiger partial charge in [0.25, 0.3) is 0 Å². The Labute approximate surface area is 68.2 Å². The van der Waals surface area contributed by atoms with Gasteiger partial charge in [0.05, 0.1) is 12.4 Å². The van der Waals surface area contributed by atoms with Gasteiger partial charge in [-0.3, -0.25) is 9.78 Å². The highest BCUT2D eigenvalue weighted by molar-refractivity contribution is 8.13. The molecule has 0 amide bonds. The van der Waals surface area contributed by atoms with Crippen LogP contribution in [0, 0.1) is 0 Å². The van der Waals surface area contributed by atoms with Gasteiger partial charge in [-0.25, -0.2) is 4.98 Å². The van der Waals surface area contributed by atoms with E-state index in [1.807, 2.05) is 0 Å². The molecule has 2 N–H and O–H groups in total. The molecule has 0 atom stereocenters. The van der Waals surface area contributed by atoms with Crippen molar-refractivity contribution in [2.24, 2.45) is 0 Å². The second-order valence-electron chi connectivity index (χ2n) is 1.82. The largest absolute Gasteiger partial charge is 0.382 e. The Hall–Kier alpha value is -1.10. The molecule has 0 aliphatic heterocycles. The molecule has 5 heteroatoms. The van der Waals surface area contributed by atoms with Gasteiger partial charge in [0, 0.05) is 0 Å². The summed E-state index contributed by atoms with van der Waals surface area (Å²) in [7, 11) is 0. The van der Waals surface area contributed by atoms with E-state index in [1.165, 1.54) is 12.4 Å². The third kappa shape index (κ3) is 1.91. The molecule has 1 aromatic rings. The average Bonchev–Trinajstić information content (AvgIpc) is 2.03. The first-order chi connectivity index (χ1) is 5.24. The zero-order valence-corrected chi connectivity index (χ0v) is 6.76. The summed E-state index contributed by atoms with van der Waals surface area (Å²) < 4.78 is 0. The summed E-state index contributed by atoms with van der Waals surface area (Å²) in [5, 5.41) is -0.121. The Bertz CT molecular complexity index is 276. The molecular formula is C6H7N3OS. The molecule has 0 spiro atoms. The maximum Gasteiger partial charge on any atom is 0.239 e. The van der Waals surface area contributed by atoms with Crippen LogP contribution >= 0.6 is 11.8 Å². The van der Waals surface area contributed by atoms with E-state index in [0.717, 1.165) is 11.8 Å². The monoisotopic (exact) mass is 169 g/mol. The zero-order chi connectivity index (χ0) is 8.27. The Balaban J connectivity index is 2.96. The fraction of sp³-hybridized carbons (Fsp3) is 0.167. The highest BCUT2D eigenvalue weighted by atomic mass is 32.2. The predicted molar refractivity (Wildman–Crippen MR) is 44.3 cm³/mol. The molecule has 0 aliphatic carbocycles. The number of carbonyl (C=O) groups is 1. The maximum absolute atomic E-state index is 11.0. The Morgan fingerprint density at radius 3 is 2.91 bits per heavy atom. The third-order valence-electron chi connectivity index (χ3n) is 1.05. The standard InChI is InChI=1S/C6H7N3OS/c1-11-6(10)4-2-8-3-5(7)9-4/h2-3H,1H3,(H2,7,9). The van der Waals surface area contributed by atoms with Crippen LogP contribution in [0.1, 0.15) is 10.5 Å². The van der Waals surface area contributed by atoms with Crippen molar-refractivity contribution >= 4 is 22.7 Å². The number of thioether (sulfide) groups is 1. The van der Waals surface area contributed by atoms with Gasteiger partial charge in [-0.05, 0) is 6.26 Å². The predicted octanol–water partition coefficient (Wildman–Crippen LogP) is 0.562. The molecule has 11 heavy (non-hydrogen) atoms. The van der Waals surface area contributed by atoms with Gasteiger partial charge in [0.15, 0.2) is 0 Å². The molecule has 1 rings (SSSR count). The number of aromatic nitrogens is 2. The van der Waals surface area contributed by atoms with E-state index in [2.05, 4.69) is 9.97 Å². The number of nitrogens with two attached hydrogens (primary N) is 1. The van der Waals surface area contributed by atoms with Crippen molar-refractivity contribution in [1.29, 1.82) is 0 Å². The Morgan fingerprint density at radius 2 is 2.36 bits per heavy atom. The highest BCUT2D eigenvalue weighted by Crippen LogP contribution is 2.05. The lowest BCUT2D eigenvalue weighted by molar-refractivity contribution is 0.108. The molecule has 0 radical (unpaired) electrons. The fourth-order valence-electron chi connectivity index (χ4n) is 0.584. The maximum atomic E-state index is 11.0. The summed E-state index contributed by atoms with van der Waals surface area (Å²) in [6.45, 7) is 0. The molecule has 0 saturated heterocycles. The quantitative estimate of drug-likeness (QED) is 0.665. The molecule has 0 fully saturated rings. The lowest BCUT2D eigenvalue weighted by Crippen LogP contribution is -2.00. The van der Waals surface area contributed by atoms with Gasteiger partial charge < -0.3 is 5.73 Å². The summed E-state index contributed by atoms with van der Waals surface area (Å²) in [6.07, 6.45) is 4.49. The van der Waals surface area contributed by atoms with Crippen molar-refractivity contribution in [2.45, 2.75) is 0 Å². The van der Waals surface area contributed by atoms with Crippen LogP contribution in [-0.2, 0) is 0 Å². The van der Waals surface area contributed by atoms with E-state index >= 15 is 0 Å². The van der Waals surface area contributed by atoms with Crippen LogP contribution in [0.2, 0.25) is 0 Å². The molecule has 1 aromatic heterocycles. The number of carbonyl (C=O) groups excluding carboxylic acids is 1. The third-order valence-corrected chi connectivity index (χ3v) is 1.63. The molecule has 0 aromatic carbocycles. The lowest BCUT2D eigenvalue weighted by Gasteiger charge is -1.95. The van der Waals surface area contributed by atoms with Crippen molar-refractivity contribution < 1.29 is 4.79 Å². The zero-order valence-electron chi connectivity index (χ0n) is 5.94. The van der Waals surface area contributed by atoms with Crippen LogP contribution in [-0.4, -0.2) is 21.3 Å². The van der Waals surface area contributed by atoms with Crippen LogP contribution < -0.4 is 5.73 Å². The van der Waals surface area contributed by atoms with Gasteiger partial charge >= 0.3 is 0 Å². The first-order valence-corrected chi connectivity index (χ1v) is 4.12. The van der Waals surface area contributed by atoms with Crippen molar-refractivity contribution in [3.8, 4) is 0 Å². The summed E-state index contributed by atoms with van der Waals surface area (Å²) in [6, 6.07) is 0. The van der Waals surface area contributed by atoms with Gasteiger partial charge in [0.1, 0.15) is 11.5 Å². The first-order valence-electron chi connectivity index (χ1n) is 2.90. The highest BCUT2D eigenvalue weighted by Gasteiger charge is 2.04. The van der Waals surface area contributed by atoms with Crippen molar-refractivity contribution in [3.05, 3.63) is 18.1 Å². The van der Waals surface area contributed by atoms with E-state index in [4.69, 9.17) is 5.73 Å². The number of rotatable bonds is 1. The van der Waals surface area contributed by atoms with Gasteiger partial charge in [0.2, 0.25) is 5.12 Å². The van der Waals surface area contributed by atoms with E-state index in [9.17, 15) is 4.79 Å². The van der Waals surface area contributed by atoms with Crippen molar-refractivity contribution in [3.63, 3.8) is 0 Å². The number of nitrogen functional groups attached to an aromatic ring is 1. The fourth-order valence-corrected chi connectivity index (χ4v) is 0.891. The van der Waals surface area contributed by atoms with Gasteiger partial charge in [-0.1, -0.05) is 11.8 Å². The van der Waals surface area contributed by atoms with Crippen LogP contribution in [0.15, 0.2) is 12.4 Å². The summed E-state index contributed by atoms with van der Waals surface area (Å²) in [4.78, 5) is 18.5. The van der Waals surface area contributed by atoms with Crippen molar-refractivity contribution in [1.82, 2.24) is 9.97 Å². The Kier molecular flexibility index (Phi) is 2.43. The molecule has 4 nitrogen and oxygen atoms in total. The molecule has 0 unspecified atom stereocenters. The first kappa shape index (κ1) is 8.00. The van der Waals surface area contributed by atoms with Gasteiger partial charge in [-0.15, -0.1) is 0 Å². The minimum Gasteiger partial charge on any atom is -0.382 e. The molecule has 0 saturated carbocycles. The summed E-state index contributed by atoms with van der Waals surface area (Å²) in [5.41, 5.74) is 5.62. The van der Waals surface area contributed by atoms with Crippen LogP contribution in [0.25, 0.3) is 0 Å². The molecular weight excluding hydrogens is 162 g/mol. The van der Waals surface area contributed by atoms with Crippen molar-refractivity contribution in [2.75, 3.05) is 12.0 Å². The summed E-state index contributed by atoms with van der Waals surface area (Å²) >= 11 is 1.09.